The van der Waals surface area contributed by atoms with E-state index < -0.39 is 12.0 Å². The van der Waals surface area contributed by atoms with Crippen LogP contribution in [0.3, 0.4) is 0 Å². The van der Waals surface area contributed by atoms with E-state index in [0.717, 1.165) is 31.8 Å². The predicted octanol–water partition coefficient (Wildman–Crippen LogP) is 4.59. The van der Waals surface area contributed by atoms with Gasteiger partial charge in [0.05, 0.1) is 12.1 Å². The zero-order chi connectivity index (χ0) is 22.9. The van der Waals surface area contributed by atoms with Gasteiger partial charge in [0.2, 0.25) is 5.91 Å². The van der Waals surface area contributed by atoms with Gasteiger partial charge < -0.3 is 14.7 Å². The summed E-state index contributed by atoms with van der Waals surface area (Å²) < 4.78 is 34.0. The molecule has 172 valence electrons. The number of benzene rings is 1. The Morgan fingerprint density at radius 1 is 1.23 bits per heavy atom. The van der Waals surface area contributed by atoms with Crippen LogP contribution >= 0.6 is 0 Å². The number of aliphatic hydroxyl groups excluding tert-OH is 1. The molecule has 7 heteroatoms. The van der Waals surface area contributed by atoms with Crippen LogP contribution in [0.15, 0.2) is 42.5 Å². The number of ether oxygens (including phenoxy) is 1. The standard InChI is InChI=1S/C24H33F2NO4/c1-18(2)31-23(30)12-8-3-4-9-17-27-20(14-16-22(27)29)13-15-21(28)24(25,26)19-10-6-5-7-11-19/h5-7,10-11,13,15,18,20-21,28H,3-4,8-9,12,14,16-17H2,1-2H3/t20-,21+/m0/s1. The van der Waals surface area contributed by atoms with Crippen molar-refractivity contribution in [3.8, 4) is 0 Å². The van der Waals surface area contributed by atoms with Crippen LogP contribution in [-0.4, -0.2) is 46.7 Å². The molecular formula is C24H33F2NO4. The van der Waals surface area contributed by atoms with Crippen LogP contribution in [0.1, 0.15) is 64.4 Å². The zero-order valence-corrected chi connectivity index (χ0v) is 18.3. The number of esters is 1. The first kappa shape index (κ1) is 25.0. The first-order valence-corrected chi connectivity index (χ1v) is 11.0. The first-order chi connectivity index (χ1) is 14.7. The van der Waals surface area contributed by atoms with Crippen LogP contribution in [0.4, 0.5) is 8.78 Å². The summed E-state index contributed by atoms with van der Waals surface area (Å²) in [4.78, 5) is 25.4. The Balaban J connectivity index is 1.78. The molecule has 1 saturated heterocycles. The number of hydrogen-bond acceptors (Lipinski definition) is 4. The van der Waals surface area contributed by atoms with E-state index in [1.54, 1.807) is 11.0 Å². The molecule has 5 nitrogen and oxygen atoms in total. The van der Waals surface area contributed by atoms with Crippen LogP contribution in [-0.2, 0) is 20.2 Å². The van der Waals surface area contributed by atoms with Crippen molar-refractivity contribution in [2.45, 2.75) is 83.0 Å². The molecule has 1 aromatic rings. The van der Waals surface area contributed by atoms with E-state index in [1.165, 1.54) is 30.3 Å². The van der Waals surface area contributed by atoms with Crippen molar-refractivity contribution in [3.05, 3.63) is 48.0 Å². The number of carbonyl (C=O) groups excluding carboxylic acids is 2. The molecule has 0 saturated carbocycles. The Morgan fingerprint density at radius 3 is 2.58 bits per heavy atom. The van der Waals surface area contributed by atoms with Crippen LogP contribution in [0.25, 0.3) is 0 Å². The van der Waals surface area contributed by atoms with E-state index >= 15 is 0 Å². The first-order valence-electron chi connectivity index (χ1n) is 11.0. The maximum Gasteiger partial charge on any atom is 0.306 e. The average Bonchev–Trinajstić information content (AvgIpc) is 3.08. The fourth-order valence-electron chi connectivity index (χ4n) is 3.66. The fourth-order valence-corrected chi connectivity index (χ4v) is 3.66. The molecule has 0 unspecified atom stereocenters. The van der Waals surface area contributed by atoms with Gasteiger partial charge in [0.15, 0.2) is 0 Å². The number of nitrogens with zero attached hydrogens (tertiary/aromatic N) is 1. The molecule has 0 spiro atoms. The molecule has 1 amide bonds. The van der Waals surface area contributed by atoms with Gasteiger partial charge in [-0.15, -0.1) is 0 Å². The summed E-state index contributed by atoms with van der Waals surface area (Å²) in [6.07, 6.45) is 5.12. The normalized spacial score (nSPS) is 18.2. The third kappa shape index (κ3) is 7.73. The maximum absolute atomic E-state index is 14.4. The topological polar surface area (TPSA) is 66.8 Å². The molecule has 2 rings (SSSR count). The average molecular weight is 438 g/mol. The van der Waals surface area contributed by atoms with Crippen molar-refractivity contribution in [1.82, 2.24) is 4.90 Å². The monoisotopic (exact) mass is 437 g/mol. The van der Waals surface area contributed by atoms with E-state index in [2.05, 4.69) is 0 Å². The number of amides is 1. The number of aliphatic hydroxyl groups is 1. The van der Waals surface area contributed by atoms with Gasteiger partial charge in [0.1, 0.15) is 6.10 Å². The van der Waals surface area contributed by atoms with E-state index in [9.17, 15) is 23.5 Å². The van der Waals surface area contributed by atoms with Gasteiger partial charge in [-0.05, 0) is 33.1 Å². The lowest BCUT2D eigenvalue weighted by atomic mass is 10.0. The highest BCUT2D eigenvalue weighted by molar-refractivity contribution is 5.79. The lowest BCUT2D eigenvalue weighted by Crippen LogP contribution is -2.34. The number of likely N-dealkylation sites (tertiary alicyclic amines) is 1. The maximum atomic E-state index is 14.4. The second-order valence-electron chi connectivity index (χ2n) is 8.21. The van der Waals surface area contributed by atoms with E-state index in [-0.39, 0.29) is 29.6 Å². The molecule has 0 aliphatic carbocycles. The molecule has 1 aliphatic rings. The lowest BCUT2D eigenvalue weighted by molar-refractivity contribution is -0.147. The molecule has 0 radical (unpaired) electrons. The van der Waals surface area contributed by atoms with Gasteiger partial charge in [0, 0.05) is 24.9 Å². The Labute approximate surface area is 183 Å². The number of rotatable bonds is 12. The van der Waals surface area contributed by atoms with Gasteiger partial charge in [-0.1, -0.05) is 55.3 Å². The van der Waals surface area contributed by atoms with Crippen LogP contribution in [0, 0.1) is 0 Å². The summed E-state index contributed by atoms with van der Waals surface area (Å²) in [7, 11) is 0. The number of halogens is 2. The highest BCUT2D eigenvalue weighted by Crippen LogP contribution is 2.32. The minimum absolute atomic E-state index is 0.000490. The summed E-state index contributed by atoms with van der Waals surface area (Å²) in [5.41, 5.74) is -0.246. The van der Waals surface area contributed by atoms with Gasteiger partial charge >= 0.3 is 11.9 Å². The Kier molecular flexibility index (Phi) is 9.62. The predicted molar refractivity (Wildman–Crippen MR) is 115 cm³/mol. The van der Waals surface area contributed by atoms with E-state index in [1.807, 2.05) is 13.8 Å². The summed E-state index contributed by atoms with van der Waals surface area (Å²) in [5.74, 6) is -3.60. The number of unbranched alkanes of at least 4 members (excludes halogenated alkanes) is 3. The Bertz CT molecular complexity index is 736. The minimum atomic E-state index is -3.40. The second-order valence-corrected chi connectivity index (χ2v) is 8.21. The number of hydrogen-bond donors (Lipinski definition) is 1. The van der Waals surface area contributed by atoms with Crippen molar-refractivity contribution in [2.75, 3.05) is 6.54 Å². The highest BCUT2D eigenvalue weighted by atomic mass is 19.3. The second kappa shape index (κ2) is 11.9. The third-order valence-corrected chi connectivity index (χ3v) is 5.32. The van der Waals surface area contributed by atoms with Crippen molar-refractivity contribution in [3.63, 3.8) is 0 Å². The summed E-state index contributed by atoms with van der Waals surface area (Å²) in [6, 6.07) is 6.93. The molecule has 0 bridgehead atoms. The quantitative estimate of drug-likeness (QED) is 0.295. The third-order valence-electron chi connectivity index (χ3n) is 5.32. The number of alkyl halides is 2. The van der Waals surface area contributed by atoms with Crippen LogP contribution < -0.4 is 0 Å². The van der Waals surface area contributed by atoms with Gasteiger partial charge in [-0.2, -0.15) is 8.78 Å². The molecule has 1 aromatic carbocycles. The van der Waals surface area contributed by atoms with Gasteiger partial charge in [-0.25, -0.2) is 0 Å². The van der Waals surface area contributed by atoms with Crippen LogP contribution in [0.2, 0.25) is 0 Å². The zero-order valence-electron chi connectivity index (χ0n) is 18.3. The Morgan fingerprint density at radius 2 is 1.90 bits per heavy atom. The van der Waals surface area contributed by atoms with Gasteiger partial charge in [-0.3, -0.25) is 9.59 Å². The molecular weight excluding hydrogens is 404 g/mol. The molecule has 1 aliphatic heterocycles. The number of carbonyl (C=O) groups is 2. The molecule has 1 heterocycles. The molecule has 2 atom stereocenters. The minimum Gasteiger partial charge on any atom is -0.463 e. The van der Waals surface area contributed by atoms with Crippen LogP contribution in [0.5, 0.6) is 0 Å². The summed E-state index contributed by atoms with van der Waals surface area (Å²) in [5, 5.41) is 10.0. The van der Waals surface area contributed by atoms with Crippen molar-refractivity contribution in [2.24, 2.45) is 0 Å². The summed E-state index contributed by atoms with van der Waals surface area (Å²) >= 11 is 0. The fraction of sp³-hybridized carbons (Fsp3) is 0.583. The molecule has 31 heavy (non-hydrogen) atoms. The summed E-state index contributed by atoms with van der Waals surface area (Å²) in [6.45, 7) is 4.17. The lowest BCUT2D eigenvalue weighted by Gasteiger charge is -2.24. The molecule has 1 N–H and O–H groups in total. The molecule has 1 fully saturated rings. The van der Waals surface area contributed by atoms with Crippen molar-refractivity contribution < 1.29 is 28.2 Å². The Hall–Kier alpha value is -2.28. The molecule has 0 aromatic heterocycles. The van der Waals surface area contributed by atoms with E-state index in [0.29, 0.717) is 25.8 Å². The van der Waals surface area contributed by atoms with Gasteiger partial charge in [0.25, 0.3) is 0 Å². The van der Waals surface area contributed by atoms with Crippen molar-refractivity contribution in [1.29, 1.82) is 0 Å². The smallest absolute Gasteiger partial charge is 0.306 e. The van der Waals surface area contributed by atoms with Crippen molar-refractivity contribution >= 4 is 11.9 Å². The van der Waals surface area contributed by atoms with E-state index in [4.69, 9.17) is 4.74 Å². The highest BCUT2D eigenvalue weighted by Gasteiger charge is 2.39. The SMILES string of the molecule is CC(C)OC(=O)CCCCCCN1C(=O)CC[C@@H]1C=C[C@@H](O)C(F)(F)c1ccccc1. The largest absolute Gasteiger partial charge is 0.463 e.